The van der Waals surface area contributed by atoms with E-state index in [4.69, 9.17) is 5.73 Å². The summed E-state index contributed by atoms with van der Waals surface area (Å²) in [6.07, 6.45) is 2.34. The van der Waals surface area contributed by atoms with Crippen LogP contribution in [0.1, 0.15) is 39.7 Å². The first kappa shape index (κ1) is 17.1. The van der Waals surface area contributed by atoms with Crippen molar-refractivity contribution in [1.82, 2.24) is 10.3 Å². The minimum atomic E-state index is -0.585. The van der Waals surface area contributed by atoms with Gasteiger partial charge in [-0.1, -0.05) is 18.2 Å². The molecule has 0 saturated heterocycles. The van der Waals surface area contributed by atoms with E-state index in [0.717, 1.165) is 17.7 Å². The summed E-state index contributed by atoms with van der Waals surface area (Å²) in [7, 11) is 0. The highest BCUT2D eigenvalue weighted by molar-refractivity contribution is 7.15. The Morgan fingerprint density at radius 1 is 1.24 bits per heavy atom. The molecule has 2 aromatic rings. The van der Waals surface area contributed by atoms with Crippen molar-refractivity contribution in [1.29, 1.82) is 0 Å². The number of hydrogen-bond donors (Lipinski definition) is 3. The number of amides is 3. The first-order chi connectivity index (χ1) is 12.0. The van der Waals surface area contributed by atoms with Gasteiger partial charge in [-0.2, -0.15) is 0 Å². The standard InChI is InChI=1S/C17H18N4O3S/c18-13(22)9-19-16(24)11-7-4-8-12-14(11)20-17(25-12)21-15(23)10-5-2-1-3-6-10/h1-3,5-6,11H,4,7-9H2,(H2,18,22)(H,19,24)(H,20,21,23). The molecular formula is C17H18N4O3S. The summed E-state index contributed by atoms with van der Waals surface area (Å²) in [5.74, 6) is -1.49. The second-order valence-electron chi connectivity index (χ2n) is 5.78. The van der Waals surface area contributed by atoms with Gasteiger partial charge in [0.1, 0.15) is 0 Å². The first-order valence-corrected chi connectivity index (χ1v) is 8.78. The van der Waals surface area contributed by atoms with Crippen molar-refractivity contribution < 1.29 is 14.4 Å². The topological polar surface area (TPSA) is 114 Å². The summed E-state index contributed by atoms with van der Waals surface area (Å²) in [6.45, 7) is -0.188. The molecule has 1 aromatic carbocycles. The molecule has 4 N–H and O–H groups in total. The van der Waals surface area contributed by atoms with Crippen molar-refractivity contribution in [3.63, 3.8) is 0 Å². The third kappa shape index (κ3) is 4.03. The van der Waals surface area contributed by atoms with Crippen LogP contribution in [0.3, 0.4) is 0 Å². The molecular weight excluding hydrogens is 340 g/mol. The van der Waals surface area contributed by atoms with Crippen LogP contribution >= 0.6 is 11.3 Å². The maximum absolute atomic E-state index is 12.3. The van der Waals surface area contributed by atoms with E-state index in [1.165, 1.54) is 11.3 Å². The molecule has 1 aromatic heterocycles. The van der Waals surface area contributed by atoms with Gasteiger partial charge in [0.2, 0.25) is 11.8 Å². The van der Waals surface area contributed by atoms with Crippen molar-refractivity contribution in [2.24, 2.45) is 5.73 Å². The molecule has 1 aliphatic carbocycles. The number of benzene rings is 1. The number of primary amides is 1. The number of aromatic nitrogens is 1. The van der Waals surface area contributed by atoms with E-state index in [-0.39, 0.29) is 18.4 Å². The highest BCUT2D eigenvalue weighted by atomic mass is 32.1. The Hall–Kier alpha value is -2.74. The third-order valence-electron chi connectivity index (χ3n) is 3.96. The zero-order valence-corrected chi connectivity index (χ0v) is 14.3. The molecule has 25 heavy (non-hydrogen) atoms. The van der Waals surface area contributed by atoms with Crippen molar-refractivity contribution in [3.8, 4) is 0 Å². The minimum absolute atomic E-state index is 0.188. The van der Waals surface area contributed by atoms with Crippen LogP contribution < -0.4 is 16.4 Å². The molecule has 0 spiro atoms. The molecule has 0 saturated carbocycles. The molecule has 3 amide bonds. The van der Waals surface area contributed by atoms with Gasteiger partial charge in [-0.3, -0.25) is 19.7 Å². The molecule has 3 rings (SSSR count). The number of anilines is 1. The van der Waals surface area contributed by atoms with Gasteiger partial charge >= 0.3 is 0 Å². The van der Waals surface area contributed by atoms with Crippen LogP contribution in [0.2, 0.25) is 0 Å². The van der Waals surface area contributed by atoms with E-state index in [9.17, 15) is 14.4 Å². The molecule has 0 bridgehead atoms. The summed E-state index contributed by atoms with van der Waals surface area (Å²) in [5, 5.41) is 5.80. The van der Waals surface area contributed by atoms with Crippen LogP contribution in [0.4, 0.5) is 5.13 Å². The smallest absolute Gasteiger partial charge is 0.257 e. The van der Waals surface area contributed by atoms with Crippen LogP contribution in [0.15, 0.2) is 30.3 Å². The lowest BCUT2D eigenvalue weighted by molar-refractivity contribution is -0.126. The fraction of sp³-hybridized carbons (Fsp3) is 0.294. The number of carbonyl (C=O) groups is 3. The fourth-order valence-electron chi connectivity index (χ4n) is 2.78. The highest BCUT2D eigenvalue weighted by Crippen LogP contribution is 2.36. The monoisotopic (exact) mass is 358 g/mol. The maximum atomic E-state index is 12.3. The molecule has 1 aliphatic rings. The highest BCUT2D eigenvalue weighted by Gasteiger charge is 2.30. The van der Waals surface area contributed by atoms with Gasteiger partial charge in [-0.15, -0.1) is 11.3 Å². The molecule has 1 unspecified atom stereocenters. The van der Waals surface area contributed by atoms with Crippen LogP contribution in [-0.4, -0.2) is 29.3 Å². The Labute approximate surface area is 148 Å². The number of nitrogens with two attached hydrogens (primary N) is 1. The van der Waals surface area contributed by atoms with Crippen LogP contribution in [0.5, 0.6) is 0 Å². The van der Waals surface area contributed by atoms with Crippen molar-refractivity contribution in [2.45, 2.75) is 25.2 Å². The van der Waals surface area contributed by atoms with Gasteiger partial charge in [-0.05, 0) is 31.4 Å². The molecule has 130 valence electrons. The van der Waals surface area contributed by atoms with Crippen molar-refractivity contribution >= 4 is 34.2 Å². The normalized spacial score (nSPS) is 15.9. The van der Waals surface area contributed by atoms with Crippen LogP contribution in [0.25, 0.3) is 0 Å². The largest absolute Gasteiger partial charge is 0.368 e. The van der Waals surface area contributed by atoms with Gasteiger partial charge in [0, 0.05) is 10.4 Å². The van der Waals surface area contributed by atoms with E-state index < -0.39 is 11.8 Å². The number of rotatable bonds is 5. The second-order valence-corrected chi connectivity index (χ2v) is 6.86. The molecule has 1 heterocycles. The van der Waals surface area contributed by atoms with Crippen molar-refractivity contribution in [2.75, 3.05) is 11.9 Å². The Morgan fingerprint density at radius 2 is 2.00 bits per heavy atom. The number of nitrogens with one attached hydrogen (secondary N) is 2. The zero-order chi connectivity index (χ0) is 17.8. The number of thiazole rings is 1. The molecule has 7 nitrogen and oxygen atoms in total. The van der Waals surface area contributed by atoms with E-state index >= 15 is 0 Å². The number of hydrogen-bond acceptors (Lipinski definition) is 5. The number of carbonyl (C=O) groups excluding carboxylic acids is 3. The molecule has 0 aliphatic heterocycles. The fourth-order valence-corrected chi connectivity index (χ4v) is 3.84. The lowest BCUT2D eigenvalue weighted by Gasteiger charge is -2.19. The molecule has 0 radical (unpaired) electrons. The van der Waals surface area contributed by atoms with Gasteiger partial charge in [-0.25, -0.2) is 4.98 Å². The van der Waals surface area contributed by atoms with Gasteiger partial charge in [0.05, 0.1) is 18.2 Å². The van der Waals surface area contributed by atoms with Gasteiger partial charge < -0.3 is 11.1 Å². The second kappa shape index (κ2) is 7.43. The SMILES string of the molecule is NC(=O)CNC(=O)C1CCCc2sc(NC(=O)c3ccccc3)nc21. The summed E-state index contributed by atoms with van der Waals surface area (Å²) < 4.78 is 0. The van der Waals surface area contributed by atoms with Gasteiger partial charge in [0.15, 0.2) is 5.13 Å². The summed E-state index contributed by atoms with van der Waals surface area (Å²) in [6, 6.07) is 8.88. The van der Waals surface area contributed by atoms with Crippen molar-refractivity contribution in [3.05, 3.63) is 46.5 Å². The lowest BCUT2D eigenvalue weighted by atomic mass is 9.90. The van der Waals surface area contributed by atoms with Crippen LogP contribution in [0, 0.1) is 0 Å². The minimum Gasteiger partial charge on any atom is -0.368 e. The first-order valence-electron chi connectivity index (χ1n) is 7.96. The van der Waals surface area contributed by atoms with E-state index in [2.05, 4.69) is 15.6 Å². The number of nitrogens with zero attached hydrogens (tertiary/aromatic N) is 1. The average Bonchev–Trinajstić information content (AvgIpc) is 3.02. The summed E-state index contributed by atoms with van der Waals surface area (Å²) in [5.41, 5.74) is 6.29. The quantitative estimate of drug-likeness (QED) is 0.750. The van der Waals surface area contributed by atoms with E-state index in [1.54, 1.807) is 24.3 Å². The molecule has 8 heteroatoms. The maximum Gasteiger partial charge on any atom is 0.257 e. The summed E-state index contributed by atoms with van der Waals surface area (Å²) in [4.78, 5) is 40.8. The average molecular weight is 358 g/mol. The predicted octanol–water partition coefficient (Wildman–Crippen LogP) is 1.42. The lowest BCUT2D eigenvalue weighted by Crippen LogP contribution is -2.37. The Balaban J connectivity index is 1.74. The Morgan fingerprint density at radius 3 is 2.72 bits per heavy atom. The zero-order valence-electron chi connectivity index (χ0n) is 13.5. The van der Waals surface area contributed by atoms with Gasteiger partial charge in [0.25, 0.3) is 5.91 Å². The van der Waals surface area contributed by atoms with Crippen LogP contribution in [-0.2, 0) is 16.0 Å². The third-order valence-corrected chi connectivity index (χ3v) is 5.01. The number of fused-ring (bicyclic) bond motifs is 1. The predicted molar refractivity (Wildman–Crippen MR) is 94.4 cm³/mol. The number of aryl methyl sites for hydroxylation is 1. The van der Waals surface area contributed by atoms with E-state index in [1.807, 2.05) is 6.07 Å². The Kier molecular flexibility index (Phi) is 5.08. The molecule has 0 fully saturated rings. The summed E-state index contributed by atoms with van der Waals surface area (Å²) >= 11 is 1.39. The molecule has 1 atom stereocenters. The Bertz CT molecular complexity index is 803. The van der Waals surface area contributed by atoms with E-state index in [0.29, 0.717) is 22.8 Å².